The van der Waals surface area contributed by atoms with E-state index in [1.165, 1.54) is 12.4 Å². The van der Waals surface area contributed by atoms with E-state index in [1.54, 1.807) is 0 Å². The summed E-state index contributed by atoms with van der Waals surface area (Å²) in [6.07, 6.45) is 2.41. The van der Waals surface area contributed by atoms with Crippen LogP contribution in [0.1, 0.15) is 11.1 Å². The Morgan fingerprint density at radius 3 is 1.39 bits per heavy atom. The van der Waals surface area contributed by atoms with Crippen LogP contribution in [-0.4, -0.2) is 61.7 Å². The van der Waals surface area contributed by atoms with E-state index in [2.05, 4.69) is 9.98 Å². The van der Waals surface area contributed by atoms with Crippen LogP contribution in [0.2, 0.25) is 0 Å². The second-order valence-corrected chi connectivity index (χ2v) is 8.31. The van der Waals surface area contributed by atoms with E-state index in [9.17, 15) is 27.0 Å². The standard InChI is InChI=1S/C16H16N2O8S2/c19-15-3-1-13(27(21,22)23)7-11(15)9-17-5-6-18-10-12-8-14(28(24,25)26)2-4-16(12)20/h1-4,7-10,19-20H,5-6H2,(H,21,22,23)(H,24,25,26). The summed E-state index contributed by atoms with van der Waals surface area (Å²) in [6.45, 7) is 0.260. The Labute approximate surface area is 161 Å². The lowest BCUT2D eigenvalue weighted by molar-refractivity contribution is 0.470. The number of aliphatic imine (C=N–C) groups is 2. The molecular formula is C16H16N2O8S2. The Morgan fingerprint density at radius 2 is 1.07 bits per heavy atom. The molecule has 12 heteroatoms. The van der Waals surface area contributed by atoms with Gasteiger partial charge in [0.05, 0.1) is 22.9 Å². The molecule has 0 aliphatic carbocycles. The quantitative estimate of drug-likeness (QED) is 0.288. The predicted molar refractivity (Wildman–Crippen MR) is 101 cm³/mol. The summed E-state index contributed by atoms with van der Waals surface area (Å²) in [5, 5.41) is 19.4. The van der Waals surface area contributed by atoms with Crippen molar-refractivity contribution >= 4 is 32.7 Å². The fraction of sp³-hybridized carbons (Fsp3) is 0.125. The molecule has 0 atom stereocenters. The van der Waals surface area contributed by atoms with Gasteiger partial charge in [-0.05, 0) is 36.4 Å². The number of rotatable bonds is 7. The van der Waals surface area contributed by atoms with Crippen LogP contribution in [0.5, 0.6) is 11.5 Å². The number of benzene rings is 2. The minimum absolute atomic E-state index is 0.0811. The first kappa shape index (κ1) is 21.5. The average Bonchev–Trinajstić information content (AvgIpc) is 2.58. The van der Waals surface area contributed by atoms with E-state index in [0.29, 0.717) is 0 Å². The Kier molecular flexibility index (Phi) is 6.51. The molecule has 2 aromatic carbocycles. The molecule has 0 spiro atoms. The highest BCUT2D eigenvalue weighted by atomic mass is 32.2. The molecule has 0 fully saturated rings. The van der Waals surface area contributed by atoms with Gasteiger partial charge in [0.2, 0.25) is 0 Å². The molecule has 0 amide bonds. The Hall–Kier alpha value is -2.80. The minimum Gasteiger partial charge on any atom is -0.507 e. The maximum atomic E-state index is 11.1. The van der Waals surface area contributed by atoms with E-state index >= 15 is 0 Å². The molecule has 0 heterocycles. The van der Waals surface area contributed by atoms with Crippen LogP contribution in [0.4, 0.5) is 0 Å². The van der Waals surface area contributed by atoms with Gasteiger partial charge in [0, 0.05) is 23.6 Å². The van der Waals surface area contributed by atoms with Crippen LogP contribution in [0, 0.1) is 0 Å². The van der Waals surface area contributed by atoms with Crippen molar-refractivity contribution in [2.24, 2.45) is 9.98 Å². The van der Waals surface area contributed by atoms with E-state index in [4.69, 9.17) is 9.11 Å². The number of nitrogens with zero attached hydrogens (tertiary/aromatic N) is 2. The molecule has 0 radical (unpaired) electrons. The fourth-order valence-corrected chi connectivity index (χ4v) is 3.07. The highest BCUT2D eigenvalue weighted by Gasteiger charge is 2.12. The number of hydrogen-bond acceptors (Lipinski definition) is 8. The number of hydrogen-bond donors (Lipinski definition) is 4. The fourth-order valence-electron chi connectivity index (χ4n) is 2.03. The van der Waals surface area contributed by atoms with Crippen molar-refractivity contribution < 1.29 is 36.2 Å². The molecule has 0 bridgehead atoms. The highest BCUT2D eigenvalue weighted by molar-refractivity contribution is 7.86. The third kappa shape index (κ3) is 5.85. The van der Waals surface area contributed by atoms with Crippen molar-refractivity contribution in [2.75, 3.05) is 13.1 Å². The van der Waals surface area contributed by atoms with Gasteiger partial charge in [-0.3, -0.25) is 19.1 Å². The molecule has 0 unspecified atom stereocenters. The molecule has 2 aromatic rings. The number of phenols is 2. The average molecular weight is 428 g/mol. The van der Waals surface area contributed by atoms with Gasteiger partial charge >= 0.3 is 0 Å². The lowest BCUT2D eigenvalue weighted by Crippen LogP contribution is -1.99. The number of phenolic OH excluding ortho intramolecular Hbond substituents is 2. The zero-order valence-corrected chi connectivity index (χ0v) is 15.8. The summed E-state index contributed by atoms with van der Waals surface area (Å²) >= 11 is 0. The zero-order valence-electron chi connectivity index (χ0n) is 14.2. The van der Waals surface area contributed by atoms with Gasteiger partial charge in [-0.2, -0.15) is 16.8 Å². The van der Waals surface area contributed by atoms with Gasteiger partial charge in [0.15, 0.2) is 0 Å². The summed E-state index contributed by atoms with van der Waals surface area (Å²) in [5.74, 6) is -0.460. The first-order valence-corrected chi connectivity index (χ1v) is 10.5. The summed E-state index contributed by atoms with van der Waals surface area (Å²) in [6, 6.07) is 6.40. The second-order valence-electron chi connectivity index (χ2n) is 5.46. The maximum Gasteiger partial charge on any atom is 0.294 e. The van der Waals surface area contributed by atoms with Crippen LogP contribution >= 0.6 is 0 Å². The van der Waals surface area contributed by atoms with Gasteiger partial charge in [0.1, 0.15) is 11.5 Å². The third-order valence-corrected chi connectivity index (χ3v) is 5.11. The monoisotopic (exact) mass is 428 g/mol. The Balaban J connectivity index is 2.04. The van der Waals surface area contributed by atoms with E-state index in [0.717, 1.165) is 36.4 Å². The van der Waals surface area contributed by atoms with E-state index in [1.807, 2.05) is 0 Å². The molecule has 28 heavy (non-hydrogen) atoms. The summed E-state index contributed by atoms with van der Waals surface area (Å²) in [5.41, 5.74) is 0.162. The number of aromatic hydroxyl groups is 2. The molecule has 0 aromatic heterocycles. The molecule has 0 aliphatic rings. The van der Waals surface area contributed by atoms with Crippen LogP contribution in [0.15, 0.2) is 56.2 Å². The maximum absolute atomic E-state index is 11.1. The predicted octanol–water partition coefficient (Wildman–Crippen LogP) is 1.13. The van der Waals surface area contributed by atoms with E-state index < -0.39 is 20.2 Å². The van der Waals surface area contributed by atoms with Gasteiger partial charge in [-0.15, -0.1) is 0 Å². The molecule has 0 saturated carbocycles. The van der Waals surface area contributed by atoms with Gasteiger partial charge in [-0.1, -0.05) is 0 Å². The van der Waals surface area contributed by atoms with Crippen molar-refractivity contribution in [3.63, 3.8) is 0 Å². The van der Waals surface area contributed by atoms with Crippen LogP contribution in [0.3, 0.4) is 0 Å². The lowest BCUT2D eigenvalue weighted by Gasteiger charge is -2.02. The topological polar surface area (TPSA) is 174 Å². The first-order chi connectivity index (χ1) is 13.0. The van der Waals surface area contributed by atoms with Crippen LogP contribution < -0.4 is 0 Å². The third-order valence-electron chi connectivity index (χ3n) is 3.41. The molecule has 150 valence electrons. The summed E-state index contributed by atoms with van der Waals surface area (Å²) in [4.78, 5) is 7.15. The minimum atomic E-state index is -4.41. The molecule has 0 aliphatic heterocycles. The Bertz CT molecular complexity index is 1050. The summed E-state index contributed by atoms with van der Waals surface area (Å²) < 4.78 is 62.4. The lowest BCUT2D eigenvalue weighted by atomic mass is 10.2. The normalized spacial score (nSPS) is 12.8. The van der Waals surface area contributed by atoms with Gasteiger partial charge < -0.3 is 10.2 Å². The van der Waals surface area contributed by atoms with Gasteiger partial charge in [0.25, 0.3) is 20.2 Å². The van der Waals surface area contributed by atoms with Crippen molar-refractivity contribution in [3.05, 3.63) is 47.5 Å². The smallest absolute Gasteiger partial charge is 0.294 e. The van der Waals surface area contributed by atoms with Crippen molar-refractivity contribution in [1.29, 1.82) is 0 Å². The molecule has 4 N–H and O–H groups in total. The second kappa shape index (κ2) is 8.48. The largest absolute Gasteiger partial charge is 0.507 e. The van der Waals surface area contributed by atoms with Crippen molar-refractivity contribution in [2.45, 2.75) is 9.79 Å². The zero-order chi connectivity index (χ0) is 20.9. The molecular weight excluding hydrogens is 412 g/mol. The van der Waals surface area contributed by atoms with Crippen LogP contribution in [0.25, 0.3) is 0 Å². The molecule has 10 nitrogen and oxygen atoms in total. The van der Waals surface area contributed by atoms with Gasteiger partial charge in [-0.25, -0.2) is 0 Å². The van der Waals surface area contributed by atoms with Crippen molar-refractivity contribution in [1.82, 2.24) is 0 Å². The summed E-state index contributed by atoms with van der Waals surface area (Å²) in [7, 11) is -8.82. The Morgan fingerprint density at radius 1 is 0.714 bits per heavy atom. The molecule has 2 rings (SSSR count). The van der Waals surface area contributed by atoms with Crippen LogP contribution in [-0.2, 0) is 20.2 Å². The van der Waals surface area contributed by atoms with E-state index in [-0.39, 0.29) is 45.5 Å². The first-order valence-electron chi connectivity index (χ1n) is 7.59. The SMILES string of the molecule is O=S(=O)(O)c1ccc(O)c(C=NCCN=Cc2cc(S(=O)(=O)O)ccc2O)c1. The molecule has 0 saturated heterocycles. The van der Waals surface area contributed by atoms with Crippen molar-refractivity contribution in [3.8, 4) is 11.5 Å². The highest BCUT2D eigenvalue weighted by Crippen LogP contribution is 2.20.